The van der Waals surface area contributed by atoms with Crippen molar-refractivity contribution in [3.05, 3.63) is 20.7 Å². The smallest absolute Gasteiger partial charge is 0.304 e. The molecular formula is C6H8N2O2S2. The van der Waals surface area contributed by atoms with Crippen LogP contribution < -0.4 is 10.2 Å². The minimum Gasteiger partial charge on any atom is -0.350 e. The summed E-state index contributed by atoms with van der Waals surface area (Å²) in [5.41, 5.74) is 0.722. The zero-order valence-corrected chi connectivity index (χ0v) is 7.87. The second kappa shape index (κ2) is 4.32. The van der Waals surface area contributed by atoms with E-state index in [0.717, 1.165) is 17.0 Å². The molecular weight excluding hydrogens is 196 g/mol. The van der Waals surface area contributed by atoms with Crippen molar-refractivity contribution in [3.8, 4) is 0 Å². The van der Waals surface area contributed by atoms with Crippen LogP contribution in [0.25, 0.3) is 0 Å². The summed E-state index contributed by atoms with van der Waals surface area (Å²) in [7, 11) is 0. The Hall–Kier alpha value is -0.750. The van der Waals surface area contributed by atoms with Gasteiger partial charge < -0.3 is 10.3 Å². The number of thiol groups is 1. The maximum atomic E-state index is 10.7. The lowest BCUT2D eigenvalue weighted by Crippen LogP contribution is -2.24. The van der Waals surface area contributed by atoms with Gasteiger partial charge in [-0.1, -0.05) is 11.3 Å². The molecule has 1 heterocycles. The van der Waals surface area contributed by atoms with Crippen LogP contribution in [0.15, 0.2) is 10.2 Å². The molecule has 0 aromatic carbocycles. The molecule has 1 aromatic heterocycles. The predicted octanol–water partition coefficient (Wildman–Crippen LogP) is -0.0176. The number of carbonyl (C=O) groups excluding carboxylic acids is 1. The van der Waals surface area contributed by atoms with E-state index in [9.17, 15) is 9.59 Å². The fourth-order valence-corrected chi connectivity index (χ4v) is 1.34. The van der Waals surface area contributed by atoms with Gasteiger partial charge in [0.1, 0.15) is 0 Å². The Morgan fingerprint density at radius 3 is 3.00 bits per heavy atom. The summed E-state index contributed by atoms with van der Waals surface area (Å²) >= 11 is 4.87. The maximum absolute atomic E-state index is 10.7. The zero-order chi connectivity index (χ0) is 8.97. The number of H-pyrrole nitrogens is 1. The molecule has 0 fully saturated rings. The Labute approximate surface area is 78.4 Å². The number of carbonyl (C=O) groups is 1. The topological polar surface area (TPSA) is 62.0 Å². The van der Waals surface area contributed by atoms with Crippen LogP contribution in [-0.2, 0) is 11.3 Å². The van der Waals surface area contributed by atoms with Crippen molar-refractivity contribution in [2.45, 2.75) is 6.54 Å². The van der Waals surface area contributed by atoms with Gasteiger partial charge >= 0.3 is 4.87 Å². The molecule has 0 unspecified atom stereocenters. The van der Waals surface area contributed by atoms with Gasteiger partial charge in [-0.2, -0.15) is 12.6 Å². The normalized spacial score (nSPS) is 9.75. The van der Waals surface area contributed by atoms with Gasteiger partial charge in [0.15, 0.2) is 0 Å². The lowest BCUT2D eigenvalue weighted by Gasteiger charge is -1.98. The molecule has 0 radical (unpaired) electrons. The summed E-state index contributed by atoms with van der Waals surface area (Å²) in [5.74, 6) is 0.0133. The van der Waals surface area contributed by atoms with E-state index < -0.39 is 0 Å². The summed E-state index contributed by atoms with van der Waals surface area (Å²) in [6.07, 6.45) is 0. The standard InChI is InChI=1S/C6H8N2O2S2/c9-5(2-11)7-1-4-3-12-6(10)8-4/h3,11H,1-2H2,(H,7,9)(H,8,10). The van der Waals surface area contributed by atoms with E-state index in [1.165, 1.54) is 0 Å². The molecule has 6 heteroatoms. The first-order valence-corrected chi connectivity index (χ1v) is 4.78. The maximum Gasteiger partial charge on any atom is 0.304 e. The molecule has 1 rings (SSSR count). The fraction of sp³-hybridized carbons (Fsp3) is 0.333. The number of hydrogen-bond acceptors (Lipinski definition) is 4. The van der Waals surface area contributed by atoms with Crippen LogP contribution in [0.5, 0.6) is 0 Å². The van der Waals surface area contributed by atoms with E-state index in [0.29, 0.717) is 6.54 Å². The highest BCUT2D eigenvalue weighted by Crippen LogP contribution is 1.94. The molecule has 0 saturated carbocycles. The van der Waals surface area contributed by atoms with Gasteiger partial charge in [0.05, 0.1) is 12.3 Å². The predicted molar refractivity (Wildman–Crippen MR) is 50.6 cm³/mol. The van der Waals surface area contributed by atoms with E-state index in [2.05, 4.69) is 22.9 Å². The molecule has 0 saturated heterocycles. The van der Waals surface area contributed by atoms with Gasteiger partial charge in [-0.05, 0) is 0 Å². The Morgan fingerprint density at radius 2 is 2.50 bits per heavy atom. The summed E-state index contributed by atoms with van der Waals surface area (Å²) in [4.78, 5) is 23.8. The van der Waals surface area contributed by atoms with Crippen LogP contribution in [0.2, 0.25) is 0 Å². The van der Waals surface area contributed by atoms with Crippen LogP contribution in [0, 0.1) is 0 Å². The minimum atomic E-state index is -0.148. The average molecular weight is 204 g/mol. The lowest BCUT2D eigenvalue weighted by atomic mass is 10.5. The summed E-state index contributed by atoms with van der Waals surface area (Å²) in [5, 5.41) is 4.26. The van der Waals surface area contributed by atoms with Crippen LogP contribution in [0.1, 0.15) is 5.69 Å². The lowest BCUT2D eigenvalue weighted by molar-refractivity contribution is -0.118. The molecule has 0 aliphatic rings. The SMILES string of the molecule is O=C(CS)NCc1csc(=O)[nH]1. The van der Waals surface area contributed by atoms with Crippen molar-refractivity contribution in [1.29, 1.82) is 0 Å². The molecule has 2 N–H and O–H groups in total. The number of aromatic amines is 1. The highest BCUT2D eigenvalue weighted by molar-refractivity contribution is 7.81. The number of nitrogens with one attached hydrogen (secondary N) is 2. The van der Waals surface area contributed by atoms with Crippen LogP contribution in [-0.4, -0.2) is 16.6 Å². The molecule has 0 aliphatic carbocycles. The van der Waals surface area contributed by atoms with Crippen molar-refractivity contribution < 1.29 is 4.79 Å². The van der Waals surface area contributed by atoms with Gasteiger partial charge in [-0.3, -0.25) is 9.59 Å². The number of rotatable bonds is 3. The second-order valence-electron chi connectivity index (χ2n) is 2.11. The molecule has 0 aliphatic heterocycles. The first kappa shape index (κ1) is 9.34. The van der Waals surface area contributed by atoms with E-state index in [1.54, 1.807) is 5.38 Å². The Bertz CT molecular complexity index is 317. The summed E-state index contributed by atoms with van der Waals surface area (Å²) in [6, 6.07) is 0. The number of aromatic nitrogens is 1. The van der Waals surface area contributed by atoms with Gasteiger partial charge in [0, 0.05) is 11.1 Å². The number of amides is 1. The quantitative estimate of drug-likeness (QED) is 0.606. The van der Waals surface area contributed by atoms with Gasteiger partial charge in [-0.15, -0.1) is 0 Å². The van der Waals surface area contributed by atoms with E-state index in [-0.39, 0.29) is 16.5 Å². The average Bonchev–Trinajstić information content (AvgIpc) is 2.47. The van der Waals surface area contributed by atoms with Gasteiger partial charge in [-0.25, -0.2) is 0 Å². The third kappa shape index (κ3) is 2.71. The van der Waals surface area contributed by atoms with Crippen LogP contribution in [0.4, 0.5) is 0 Å². The Balaban J connectivity index is 2.43. The van der Waals surface area contributed by atoms with Crippen molar-refractivity contribution in [1.82, 2.24) is 10.3 Å². The zero-order valence-electron chi connectivity index (χ0n) is 6.16. The largest absolute Gasteiger partial charge is 0.350 e. The summed E-state index contributed by atoms with van der Waals surface area (Å²) < 4.78 is 0. The van der Waals surface area contributed by atoms with Crippen LogP contribution in [0.3, 0.4) is 0 Å². The fourth-order valence-electron chi connectivity index (χ4n) is 0.650. The van der Waals surface area contributed by atoms with Crippen LogP contribution >= 0.6 is 24.0 Å². The molecule has 0 bridgehead atoms. The third-order valence-corrected chi connectivity index (χ3v) is 2.20. The molecule has 66 valence electrons. The van der Waals surface area contributed by atoms with Gasteiger partial charge in [0.2, 0.25) is 5.91 Å². The van der Waals surface area contributed by atoms with Crippen molar-refractivity contribution in [3.63, 3.8) is 0 Å². The first-order valence-electron chi connectivity index (χ1n) is 3.26. The van der Waals surface area contributed by atoms with Crippen molar-refractivity contribution in [2.24, 2.45) is 0 Å². The highest BCUT2D eigenvalue weighted by atomic mass is 32.1. The van der Waals surface area contributed by atoms with Gasteiger partial charge in [0.25, 0.3) is 0 Å². The molecule has 12 heavy (non-hydrogen) atoms. The molecule has 1 amide bonds. The van der Waals surface area contributed by atoms with E-state index >= 15 is 0 Å². The number of hydrogen-bond donors (Lipinski definition) is 3. The third-order valence-electron chi connectivity index (χ3n) is 1.19. The van der Waals surface area contributed by atoms with E-state index in [1.807, 2.05) is 0 Å². The molecule has 1 aromatic rings. The molecule has 0 atom stereocenters. The first-order chi connectivity index (χ1) is 5.72. The Kier molecular flexibility index (Phi) is 3.36. The van der Waals surface area contributed by atoms with Crippen molar-refractivity contribution in [2.75, 3.05) is 5.75 Å². The molecule has 0 spiro atoms. The second-order valence-corrected chi connectivity index (χ2v) is 3.27. The Morgan fingerprint density at radius 1 is 1.75 bits per heavy atom. The minimum absolute atomic E-state index is 0.106. The number of thiazole rings is 1. The highest BCUT2D eigenvalue weighted by Gasteiger charge is 1.99. The van der Waals surface area contributed by atoms with Crippen molar-refractivity contribution >= 4 is 29.9 Å². The monoisotopic (exact) mass is 204 g/mol. The van der Waals surface area contributed by atoms with E-state index in [4.69, 9.17) is 0 Å². The molecule has 4 nitrogen and oxygen atoms in total. The summed E-state index contributed by atoms with van der Waals surface area (Å²) in [6.45, 7) is 0.359.